The molecular formula is C12H18N6O3. The van der Waals surface area contributed by atoms with Gasteiger partial charge in [-0.05, 0) is 19.8 Å². The van der Waals surface area contributed by atoms with E-state index < -0.39 is 4.92 Å². The summed E-state index contributed by atoms with van der Waals surface area (Å²) in [6, 6.07) is 0.251. The first-order valence-corrected chi connectivity index (χ1v) is 6.63. The van der Waals surface area contributed by atoms with Crippen LogP contribution in [0.25, 0.3) is 0 Å². The molecule has 0 bridgehead atoms. The van der Waals surface area contributed by atoms with Gasteiger partial charge in [0.25, 0.3) is 0 Å². The molecule has 1 aliphatic carbocycles. The van der Waals surface area contributed by atoms with Crippen LogP contribution in [0.4, 0.5) is 17.5 Å². The van der Waals surface area contributed by atoms with Gasteiger partial charge in [-0.2, -0.15) is 4.98 Å². The van der Waals surface area contributed by atoms with Crippen molar-refractivity contribution in [2.45, 2.75) is 25.8 Å². The van der Waals surface area contributed by atoms with Gasteiger partial charge in [0, 0.05) is 20.1 Å². The quantitative estimate of drug-likeness (QED) is 0.578. The number of nitro groups is 1. The van der Waals surface area contributed by atoms with Gasteiger partial charge >= 0.3 is 5.69 Å². The van der Waals surface area contributed by atoms with Crippen molar-refractivity contribution < 1.29 is 9.72 Å². The van der Waals surface area contributed by atoms with Gasteiger partial charge in [-0.3, -0.25) is 14.9 Å². The highest BCUT2D eigenvalue weighted by Crippen LogP contribution is 2.29. The first-order chi connectivity index (χ1) is 9.92. The fourth-order valence-electron chi connectivity index (χ4n) is 1.93. The molecule has 2 rings (SSSR count). The maximum atomic E-state index is 11.8. The van der Waals surface area contributed by atoms with E-state index in [1.165, 1.54) is 4.90 Å². The summed E-state index contributed by atoms with van der Waals surface area (Å²) >= 11 is 0. The Balaban J connectivity index is 2.24. The Bertz CT molecular complexity index is 572. The number of rotatable bonds is 6. The molecule has 1 aromatic heterocycles. The second-order valence-electron chi connectivity index (χ2n) is 5.01. The third-order valence-corrected chi connectivity index (χ3v) is 3.13. The van der Waals surface area contributed by atoms with Crippen molar-refractivity contribution >= 4 is 23.4 Å². The van der Waals surface area contributed by atoms with Crippen LogP contribution < -0.4 is 15.5 Å². The molecule has 114 valence electrons. The van der Waals surface area contributed by atoms with Gasteiger partial charge in [-0.1, -0.05) is 0 Å². The molecule has 1 heterocycles. The summed E-state index contributed by atoms with van der Waals surface area (Å²) in [4.78, 5) is 32.1. The molecule has 0 aliphatic heterocycles. The van der Waals surface area contributed by atoms with Crippen LogP contribution in [0.3, 0.4) is 0 Å². The van der Waals surface area contributed by atoms with Crippen molar-refractivity contribution in [2.24, 2.45) is 0 Å². The molecular weight excluding hydrogens is 276 g/mol. The number of anilines is 2. The first kappa shape index (κ1) is 14.9. The SMILES string of the molecule is CNc1nc(C)c([N+](=O)[O-])c(N(C)CC(=O)NC2CC2)n1. The number of aromatic nitrogens is 2. The number of nitrogens with one attached hydrogen (secondary N) is 2. The second kappa shape index (κ2) is 5.90. The summed E-state index contributed by atoms with van der Waals surface area (Å²) in [6.07, 6.45) is 1.98. The van der Waals surface area contributed by atoms with Gasteiger partial charge in [0.2, 0.25) is 17.7 Å². The van der Waals surface area contributed by atoms with Crippen LogP contribution >= 0.6 is 0 Å². The van der Waals surface area contributed by atoms with E-state index in [9.17, 15) is 14.9 Å². The van der Waals surface area contributed by atoms with E-state index in [4.69, 9.17) is 0 Å². The third kappa shape index (κ3) is 3.56. The third-order valence-electron chi connectivity index (χ3n) is 3.13. The van der Waals surface area contributed by atoms with Gasteiger partial charge in [0.1, 0.15) is 5.69 Å². The second-order valence-corrected chi connectivity index (χ2v) is 5.01. The van der Waals surface area contributed by atoms with E-state index in [2.05, 4.69) is 20.6 Å². The Morgan fingerprint density at radius 2 is 2.14 bits per heavy atom. The molecule has 0 atom stereocenters. The number of nitrogens with zero attached hydrogens (tertiary/aromatic N) is 4. The van der Waals surface area contributed by atoms with Gasteiger partial charge in [-0.15, -0.1) is 0 Å². The number of hydrogen-bond acceptors (Lipinski definition) is 7. The first-order valence-electron chi connectivity index (χ1n) is 6.63. The number of carbonyl (C=O) groups is 1. The molecule has 2 N–H and O–H groups in total. The molecule has 1 aliphatic rings. The number of aryl methyl sites for hydroxylation is 1. The highest BCUT2D eigenvalue weighted by molar-refractivity contribution is 5.82. The van der Waals surface area contributed by atoms with Gasteiger partial charge in [0.15, 0.2) is 0 Å². The smallest absolute Gasteiger partial charge is 0.332 e. The van der Waals surface area contributed by atoms with Gasteiger partial charge in [0.05, 0.1) is 11.5 Å². The average molecular weight is 294 g/mol. The predicted molar refractivity (Wildman–Crippen MR) is 77.4 cm³/mol. The Labute approximate surface area is 121 Å². The highest BCUT2D eigenvalue weighted by Gasteiger charge is 2.27. The number of amides is 1. The maximum absolute atomic E-state index is 11.8. The standard InChI is InChI=1S/C12H18N6O3/c1-7-10(18(20)21)11(16-12(13-2)14-7)17(3)6-9(19)15-8-4-5-8/h8H,4-6H2,1-3H3,(H,15,19)(H,13,14,16). The van der Waals surface area contributed by atoms with Crippen LogP contribution in [0.2, 0.25) is 0 Å². The monoisotopic (exact) mass is 294 g/mol. The van der Waals surface area contributed by atoms with Crippen LogP contribution in [-0.2, 0) is 4.79 Å². The molecule has 0 aromatic carbocycles. The van der Waals surface area contributed by atoms with Crippen molar-refractivity contribution in [3.8, 4) is 0 Å². The van der Waals surface area contributed by atoms with Crippen molar-refractivity contribution in [1.82, 2.24) is 15.3 Å². The average Bonchev–Trinajstić information content (AvgIpc) is 3.20. The van der Waals surface area contributed by atoms with Crippen molar-refractivity contribution in [2.75, 3.05) is 30.9 Å². The highest BCUT2D eigenvalue weighted by atomic mass is 16.6. The lowest BCUT2D eigenvalue weighted by molar-refractivity contribution is -0.385. The molecule has 1 fully saturated rings. The van der Waals surface area contributed by atoms with Crippen molar-refractivity contribution in [3.05, 3.63) is 15.8 Å². The number of carbonyl (C=O) groups excluding carboxylic acids is 1. The van der Waals surface area contributed by atoms with Crippen molar-refractivity contribution in [3.63, 3.8) is 0 Å². The van der Waals surface area contributed by atoms with Crippen LogP contribution in [0.5, 0.6) is 0 Å². The van der Waals surface area contributed by atoms with E-state index in [0.29, 0.717) is 0 Å². The van der Waals surface area contributed by atoms with Crippen LogP contribution in [0.1, 0.15) is 18.5 Å². The van der Waals surface area contributed by atoms with E-state index in [1.807, 2.05) is 0 Å². The zero-order valence-corrected chi connectivity index (χ0v) is 12.2. The summed E-state index contributed by atoms with van der Waals surface area (Å²) in [7, 11) is 3.23. The van der Waals surface area contributed by atoms with Gasteiger partial charge in [-0.25, -0.2) is 4.98 Å². The molecule has 1 amide bonds. The number of hydrogen-bond donors (Lipinski definition) is 2. The Kier molecular flexibility index (Phi) is 4.20. The Morgan fingerprint density at radius 1 is 1.48 bits per heavy atom. The largest absolute Gasteiger partial charge is 0.357 e. The molecule has 1 saturated carbocycles. The fraction of sp³-hybridized carbons (Fsp3) is 0.583. The lowest BCUT2D eigenvalue weighted by Gasteiger charge is -2.18. The molecule has 0 unspecified atom stereocenters. The van der Waals surface area contributed by atoms with E-state index in [-0.39, 0.29) is 41.6 Å². The summed E-state index contributed by atoms with van der Waals surface area (Å²) in [5.74, 6) is 0.238. The van der Waals surface area contributed by atoms with E-state index in [0.717, 1.165) is 12.8 Å². The number of likely N-dealkylation sites (N-methyl/N-ethyl adjacent to an activating group) is 1. The minimum Gasteiger partial charge on any atom is -0.357 e. The summed E-state index contributed by atoms with van der Waals surface area (Å²) < 4.78 is 0. The van der Waals surface area contributed by atoms with Crippen molar-refractivity contribution in [1.29, 1.82) is 0 Å². The predicted octanol–water partition coefficient (Wildman–Crippen LogP) is 0.450. The summed E-state index contributed by atoms with van der Waals surface area (Å²) in [5.41, 5.74) is 0.0690. The minimum absolute atomic E-state index is 0.0109. The molecule has 0 radical (unpaired) electrons. The molecule has 1 aromatic rings. The normalized spacial score (nSPS) is 13.7. The summed E-state index contributed by atoms with van der Waals surface area (Å²) in [6.45, 7) is 1.55. The summed E-state index contributed by atoms with van der Waals surface area (Å²) in [5, 5.41) is 16.8. The van der Waals surface area contributed by atoms with Crippen LogP contribution in [0.15, 0.2) is 0 Å². The van der Waals surface area contributed by atoms with Gasteiger partial charge < -0.3 is 15.5 Å². The fourth-order valence-corrected chi connectivity index (χ4v) is 1.93. The molecule has 0 spiro atoms. The molecule has 9 nitrogen and oxygen atoms in total. The zero-order chi connectivity index (χ0) is 15.6. The minimum atomic E-state index is -0.528. The Morgan fingerprint density at radius 3 is 2.67 bits per heavy atom. The molecule has 0 saturated heterocycles. The molecule has 9 heteroatoms. The van der Waals surface area contributed by atoms with E-state index >= 15 is 0 Å². The van der Waals surface area contributed by atoms with E-state index in [1.54, 1.807) is 21.0 Å². The topological polar surface area (TPSA) is 113 Å². The lowest BCUT2D eigenvalue weighted by atomic mass is 10.3. The zero-order valence-electron chi connectivity index (χ0n) is 12.2. The molecule has 21 heavy (non-hydrogen) atoms. The lowest BCUT2D eigenvalue weighted by Crippen LogP contribution is -2.37. The van der Waals surface area contributed by atoms with Crippen LogP contribution in [0, 0.1) is 17.0 Å². The maximum Gasteiger partial charge on any atom is 0.332 e. The Hall–Kier alpha value is -2.45. The van der Waals surface area contributed by atoms with Crippen LogP contribution in [-0.4, -0.2) is 47.5 Å².